The van der Waals surface area contributed by atoms with E-state index in [4.69, 9.17) is 0 Å². The fourth-order valence-electron chi connectivity index (χ4n) is 3.40. The van der Waals surface area contributed by atoms with E-state index in [1.54, 1.807) is 0 Å². The standard InChI is InChI=1S/C14H24N4/c1-2-8-18-13(5-7-16-18)10-17-9-12-4-3-6-15-14(12)11-17/h5,7,12,14-15H,2-4,6,8-11H2,1H3. The number of nitrogens with one attached hydrogen (secondary N) is 1. The molecular formula is C14H24N4. The Hall–Kier alpha value is -0.870. The molecule has 2 unspecified atom stereocenters. The average molecular weight is 248 g/mol. The monoisotopic (exact) mass is 248 g/mol. The molecule has 3 rings (SSSR count). The van der Waals surface area contributed by atoms with E-state index >= 15 is 0 Å². The number of fused-ring (bicyclic) bond motifs is 1. The molecule has 2 atom stereocenters. The van der Waals surface area contributed by atoms with Crippen LogP contribution in [0.3, 0.4) is 0 Å². The van der Waals surface area contributed by atoms with Crippen LogP contribution in [0.5, 0.6) is 0 Å². The molecule has 3 heterocycles. The average Bonchev–Trinajstić information content (AvgIpc) is 2.97. The van der Waals surface area contributed by atoms with Crippen molar-refractivity contribution < 1.29 is 0 Å². The second-order valence-corrected chi connectivity index (χ2v) is 5.70. The third kappa shape index (κ3) is 2.45. The quantitative estimate of drug-likeness (QED) is 0.876. The van der Waals surface area contributed by atoms with Gasteiger partial charge in [-0.05, 0) is 37.8 Å². The predicted molar refractivity (Wildman–Crippen MR) is 72.3 cm³/mol. The maximum absolute atomic E-state index is 4.41. The lowest BCUT2D eigenvalue weighted by atomic mass is 9.94. The van der Waals surface area contributed by atoms with Gasteiger partial charge in [0.05, 0.1) is 5.69 Å². The highest BCUT2D eigenvalue weighted by Crippen LogP contribution is 2.25. The maximum Gasteiger partial charge on any atom is 0.0524 e. The highest BCUT2D eigenvalue weighted by atomic mass is 15.3. The Morgan fingerprint density at radius 2 is 2.39 bits per heavy atom. The summed E-state index contributed by atoms with van der Waals surface area (Å²) < 4.78 is 2.16. The first-order valence-corrected chi connectivity index (χ1v) is 7.33. The molecule has 0 radical (unpaired) electrons. The topological polar surface area (TPSA) is 33.1 Å². The number of likely N-dealkylation sites (tertiary alicyclic amines) is 1. The molecule has 0 amide bonds. The third-order valence-corrected chi connectivity index (χ3v) is 4.30. The van der Waals surface area contributed by atoms with Crippen LogP contribution in [0.4, 0.5) is 0 Å². The van der Waals surface area contributed by atoms with E-state index in [1.165, 1.54) is 38.2 Å². The van der Waals surface area contributed by atoms with Crippen molar-refractivity contribution in [1.29, 1.82) is 0 Å². The Balaban J connectivity index is 1.61. The first kappa shape index (κ1) is 12.2. The Morgan fingerprint density at radius 3 is 3.22 bits per heavy atom. The van der Waals surface area contributed by atoms with E-state index in [0.717, 1.165) is 31.5 Å². The molecule has 4 heteroatoms. The maximum atomic E-state index is 4.41. The largest absolute Gasteiger partial charge is 0.312 e. The number of hydrogen-bond acceptors (Lipinski definition) is 3. The number of aryl methyl sites for hydroxylation is 1. The van der Waals surface area contributed by atoms with E-state index in [0.29, 0.717) is 0 Å². The van der Waals surface area contributed by atoms with Crippen molar-refractivity contribution in [1.82, 2.24) is 20.0 Å². The Bertz CT molecular complexity index is 373. The zero-order valence-electron chi connectivity index (χ0n) is 11.3. The van der Waals surface area contributed by atoms with E-state index in [9.17, 15) is 0 Å². The van der Waals surface area contributed by atoms with Crippen molar-refractivity contribution in [2.45, 2.75) is 45.3 Å². The molecule has 2 fully saturated rings. The van der Waals surface area contributed by atoms with Crippen LogP contribution < -0.4 is 5.32 Å². The molecule has 1 aromatic heterocycles. The van der Waals surface area contributed by atoms with Gasteiger partial charge in [0.1, 0.15) is 0 Å². The Kier molecular flexibility index (Phi) is 3.66. The summed E-state index contributed by atoms with van der Waals surface area (Å²) in [5, 5.41) is 8.08. The van der Waals surface area contributed by atoms with Gasteiger partial charge < -0.3 is 5.32 Å². The summed E-state index contributed by atoms with van der Waals surface area (Å²) in [6.07, 6.45) is 5.85. The van der Waals surface area contributed by atoms with Crippen molar-refractivity contribution in [2.24, 2.45) is 5.92 Å². The van der Waals surface area contributed by atoms with Crippen LogP contribution in [-0.2, 0) is 13.1 Å². The fourth-order valence-corrected chi connectivity index (χ4v) is 3.40. The second-order valence-electron chi connectivity index (χ2n) is 5.70. The molecule has 2 aliphatic heterocycles. The van der Waals surface area contributed by atoms with Gasteiger partial charge in [0.2, 0.25) is 0 Å². The van der Waals surface area contributed by atoms with Crippen molar-refractivity contribution in [3.05, 3.63) is 18.0 Å². The van der Waals surface area contributed by atoms with Crippen LogP contribution in [0.2, 0.25) is 0 Å². The van der Waals surface area contributed by atoms with Crippen molar-refractivity contribution >= 4 is 0 Å². The van der Waals surface area contributed by atoms with Gasteiger partial charge in [-0.2, -0.15) is 5.10 Å². The smallest absolute Gasteiger partial charge is 0.0524 e. The molecule has 4 nitrogen and oxygen atoms in total. The van der Waals surface area contributed by atoms with Crippen LogP contribution in [0, 0.1) is 5.92 Å². The van der Waals surface area contributed by atoms with Crippen molar-refractivity contribution in [3.63, 3.8) is 0 Å². The first-order valence-electron chi connectivity index (χ1n) is 7.33. The molecule has 2 saturated heterocycles. The normalized spacial score (nSPS) is 28.5. The van der Waals surface area contributed by atoms with Gasteiger partial charge in [-0.3, -0.25) is 9.58 Å². The minimum absolute atomic E-state index is 0.737. The molecule has 100 valence electrons. The Labute approximate surface area is 109 Å². The molecule has 0 saturated carbocycles. The summed E-state index contributed by atoms with van der Waals surface area (Å²) in [7, 11) is 0. The van der Waals surface area contributed by atoms with E-state index < -0.39 is 0 Å². The first-order chi connectivity index (χ1) is 8.86. The number of piperidine rings is 1. The van der Waals surface area contributed by atoms with Gasteiger partial charge in [0.25, 0.3) is 0 Å². The zero-order valence-corrected chi connectivity index (χ0v) is 11.3. The number of aromatic nitrogens is 2. The van der Waals surface area contributed by atoms with Crippen LogP contribution in [0.25, 0.3) is 0 Å². The molecule has 18 heavy (non-hydrogen) atoms. The zero-order chi connectivity index (χ0) is 12.4. The molecule has 0 spiro atoms. The highest BCUT2D eigenvalue weighted by Gasteiger charge is 2.34. The van der Waals surface area contributed by atoms with E-state index in [2.05, 4.69) is 33.0 Å². The van der Waals surface area contributed by atoms with Crippen LogP contribution in [0.1, 0.15) is 31.9 Å². The molecule has 0 bridgehead atoms. The van der Waals surface area contributed by atoms with Crippen LogP contribution in [0.15, 0.2) is 12.3 Å². The van der Waals surface area contributed by atoms with Crippen molar-refractivity contribution in [3.8, 4) is 0 Å². The summed E-state index contributed by atoms with van der Waals surface area (Å²) in [4.78, 5) is 2.59. The highest BCUT2D eigenvalue weighted by molar-refractivity contribution is 5.02. The summed E-state index contributed by atoms with van der Waals surface area (Å²) in [5.41, 5.74) is 1.37. The van der Waals surface area contributed by atoms with Crippen molar-refractivity contribution in [2.75, 3.05) is 19.6 Å². The Morgan fingerprint density at radius 1 is 1.44 bits per heavy atom. The number of nitrogens with zero attached hydrogens (tertiary/aromatic N) is 3. The molecule has 1 N–H and O–H groups in total. The minimum atomic E-state index is 0.737. The number of rotatable bonds is 4. The van der Waals surface area contributed by atoms with Gasteiger partial charge in [-0.15, -0.1) is 0 Å². The van der Waals surface area contributed by atoms with Gasteiger partial charge in [0.15, 0.2) is 0 Å². The van der Waals surface area contributed by atoms with Gasteiger partial charge >= 0.3 is 0 Å². The minimum Gasteiger partial charge on any atom is -0.312 e. The summed E-state index contributed by atoms with van der Waals surface area (Å²) >= 11 is 0. The molecule has 0 aliphatic carbocycles. The van der Waals surface area contributed by atoms with Crippen LogP contribution >= 0.6 is 0 Å². The molecule has 1 aromatic rings. The SMILES string of the molecule is CCCn1nccc1CN1CC2CCCNC2C1. The summed E-state index contributed by atoms with van der Waals surface area (Å²) in [6, 6.07) is 2.91. The predicted octanol–water partition coefficient (Wildman–Crippen LogP) is 1.48. The van der Waals surface area contributed by atoms with Gasteiger partial charge in [-0.25, -0.2) is 0 Å². The summed E-state index contributed by atoms with van der Waals surface area (Å²) in [6.45, 7) is 8.00. The molecular weight excluding hydrogens is 224 g/mol. The third-order valence-electron chi connectivity index (χ3n) is 4.30. The number of hydrogen-bond donors (Lipinski definition) is 1. The lowest BCUT2D eigenvalue weighted by Gasteiger charge is -2.24. The summed E-state index contributed by atoms with van der Waals surface area (Å²) in [5.74, 6) is 0.876. The molecule has 0 aromatic carbocycles. The van der Waals surface area contributed by atoms with E-state index in [1.807, 2.05) is 6.20 Å². The van der Waals surface area contributed by atoms with Gasteiger partial charge in [-0.1, -0.05) is 6.92 Å². The lowest BCUT2D eigenvalue weighted by molar-refractivity contribution is 0.301. The van der Waals surface area contributed by atoms with Crippen LogP contribution in [-0.4, -0.2) is 40.4 Å². The second kappa shape index (κ2) is 5.41. The molecule has 2 aliphatic rings. The lowest BCUT2D eigenvalue weighted by Crippen LogP contribution is -2.40. The van der Waals surface area contributed by atoms with E-state index in [-0.39, 0.29) is 0 Å². The fraction of sp³-hybridized carbons (Fsp3) is 0.786. The van der Waals surface area contributed by atoms with Gasteiger partial charge in [0, 0.05) is 38.4 Å².